The lowest BCUT2D eigenvalue weighted by atomic mass is 10.2. The molecular formula is C18H19N3O3. The highest BCUT2D eigenvalue weighted by molar-refractivity contribution is 6.08. The molecule has 0 aliphatic carbocycles. The molecule has 3 amide bonds. The van der Waals surface area contributed by atoms with Gasteiger partial charge in [0.25, 0.3) is 5.91 Å². The van der Waals surface area contributed by atoms with E-state index in [1.165, 1.54) is 4.90 Å². The first-order chi connectivity index (χ1) is 11.5. The van der Waals surface area contributed by atoms with Crippen LogP contribution in [-0.2, 0) is 16.6 Å². The number of rotatable bonds is 4. The largest absolute Gasteiger partial charge is 0.340 e. The van der Waals surface area contributed by atoms with Crippen LogP contribution in [0.15, 0.2) is 42.5 Å². The molecule has 1 saturated heterocycles. The Morgan fingerprint density at radius 1 is 1.21 bits per heavy atom. The molecule has 1 unspecified atom stereocenters. The van der Waals surface area contributed by atoms with Crippen LogP contribution in [0.3, 0.4) is 0 Å². The van der Waals surface area contributed by atoms with Gasteiger partial charge in [0.15, 0.2) is 0 Å². The number of nitrogens with one attached hydrogen (secondary N) is 1. The summed E-state index contributed by atoms with van der Waals surface area (Å²) < 4.78 is 1.81. The molecule has 1 atom stereocenters. The number of hydrogen-bond acceptors (Lipinski definition) is 3. The number of aromatic nitrogens is 1. The van der Waals surface area contributed by atoms with Gasteiger partial charge in [0, 0.05) is 19.3 Å². The lowest BCUT2D eigenvalue weighted by Crippen LogP contribution is -2.44. The fraction of sp³-hybridized carbons (Fsp3) is 0.278. The molecule has 24 heavy (non-hydrogen) atoms. The molecule has 2 aromatic rings. The zero-order valence-corrected chi connectivity index (χ0v) is 13.7. The lowest BCUT2D eigenvalue weighted by Gasteiger charge is -2.25. The van der Waals surface area contributed by atoms with E-state index in [4.69, 9.17) is 0 Å². The highest BCUT2D eigenvalue weighted by atomic mass is 16.2. The van der Waals surface area contributed by atoms with Crippen molar-refractivity contribution in [1.29, 1.82) is 0 Å². The van der Waals surface area contributed by atoms with E-state index in [0.29, 0.717) is 12.2 Å². The van der Waals surface area contributed by atoms with Crippen LogP contribution in [0.25, 0.3) is 11.3 Å². The monoisotopic (exact) mass is 325 g/mol. The van der Waals surface area contributed by atoms with E-state index in [9.17, 15) is 14.4 Å². The molecular weight excluding hydrogens is 306 g/mol. The predicted octanol–water partition coefficient (Wildman–Crippen LogP) is 1.57. The molecule has 2 heterocycles. The molecule has 1 aliphatic heterocycles. The van der Waals surface area contributed by atoms with Crippen molar-refractivity contribution in [2.75, 3.05) is 6.54 Å². The lowest BCUT2D eigenvalue weighted by molar-refractivity contribution is -0.126. The topological polar surface area (TPSA) is 71.4 Å². The molecule has 3 rings (SSSR count). The number of likely N-dealkylation sites (N-methyl/N-ethyl adjacent to an activating group) is 1. The van der Waals surface area contributed by atoms with Gasteiger partial charge in [0.05, 0.1) is 6.42 Å². The standard InChI is InChI=1S/C18H19N3O3/c1-3-21(15-11-16(22)19-17(15)23)18(24)14-10-9-13(20(14)2)12-7-5-4-6-8-12/h4-10,15H,3,11H2,1-2H3,(H,19,22,23). The summed E-state index contributed by atoms with van der Waals surface area (Å²) >= 11 is 0. The Bertz CT molecular complexity index is 795. The third kappa shape index (κ3) is 2.71. The second-order valence-corrected chi connectivity index (χ2v) is 5.75. The number of amides is 3. The Balaban J connectivity index is 1.91. The third-order valence-corrected chi connectivity index (χ3v) is 4.33. The van der Waals surface area contributed by atoms with E-state index in [1.54, 1.807) is 13.0 Å². The highest BCUT2D eigenvalue weighted by Gasteiger charge is 2.37. The first kappa shape index (κ1) is 16.0. The van der Waals surface area contributed by atoms with Crippen molar-refractivity contribution in [2.45, 2.75) is 19.4 Å². The van der Waals surface area contributed by atoms with Crippen LogP contribution < -0.4 is 5.32 Å². The van der Waals surface area contributed by atoms with Crippen molar-refractivity contribution < 1.29 is 14.4 Å². The molecule has 1 aliphatic rings. The molecule has 1 N–H and O–H groups in total. The Morgan fingerprint density at radius 2 is 1.92 bits per heavy atom. The quantitative estimate of drug-likeness (QED) is 0.867. The third-order valence-electron chi connectivity index (χ3n) is 4.33. The number of carbonyl (C=O) groups excluding carboxylic acids is 3. The Hall–Kier alpha value is -2.89. The van der Waals surface area contributed by atoms with Crippen LogP contribution in [0, 0.1) is 0 Å². The van der Waals surface area contributed by atoms with Gasteiger partial charge in [0.2, 0.25) is 11.8 Å². The first-order valence-corrected chi connectivity index (χ1v) is 7.88. The maximum absolute atomic E-state index is 12.9. The van der Waals surface area contributed by atoms with Gasteiger partial charge in [-0.2, -0.15) is 0 Å². The molecule has 1 fully saturated rings. The normalized spacial score (nSPS) is 17.0. The number of carbonyl (C=O) groups is 3. The summed E-state index contributed by atoms with van der Waals surface area (Å²) in [7, 11) is 1.82. The van der Waals surface area contributed by atoms with Crippen LogP contribution >= 0.6 is 0 Å². The first-order valence-electron chi connectivity index (χ1n) is 7.88. The summed E-state index contributed by atoms with van der Waals surface area (Å²) in [6, 6.07) is 12.7. The second kappa shape index (κ2) is 6.31. The van der Waals surface area contributed by atoms with E-state index >= 15 is 0 Å². The zero-order chi connectivity index (χ0) is 17.3. The fourth-order valence-corrected chi connectivity index (χ4v) is 3.07. The smallest absolute Gasteiger partial charge is 0.271 e. The fourth-order valence-electron chi connectivity index (χ4n) is 3.07. The zero-order valence-electron chi connectivity index (χ0n) is 13.7. The number of benzene rings is 1. The van der Waals surface area contributed by atoms with Gasteiger partial charge in [-0.05, 0) is 24.6 Å². The van der Waals surface area contributed by atoms with E-state index in [2.05, 4.69) is 5.32 Å². The maximum atomic E-state index is 12.9. The minimum Gasteiger partial charge on any atom is -0.340 e. The second-order valence-electron chi connectivity index (χ2n) is 5.75. The predicted molar refractivity (Wildman–Crippen MR) is 89.1 cm³/mol. The van der Waals surface area contributed by atoms with Gasteiger partial charge >= 0.3 is 0 Å². The van der Waals surface area contributed by atoms with Crippen molar-refractivity contribution in [3.05, 3.63) is 48.2 Å². The SMILES string of the molecule is CCN(C(=O)c1ccc(-c2ccccc2)n1C)C1CC(=O)NC1=O. The van der Waals surface area contributed by atoms with Gasteiger partial charge < -0.3 is 9.47 Å². The van der Waals surface area contributed by atoms with Gasteiger partial charge in [-0.3, -0.25) is 19.7 Å². The number of imide groups is 1. The average Bonchev–Trinajstić information content (AvgIpc) is 3.11. The minimum absolute atomic E-state index is 0.0222. The van der Waals surface area contributed by atoms with E-state index in [0.717, 1.165) is 11.3 Å². The van der Waals surface area contributed by atoms with Crippen molar-refractivity contribution >= 4 is 17.7 Å². The van der Waals surface area contributed by atoms with Crippen LogP contribution in [0.4, 0.5) is 0 Å². The summed E-state index contributed by atoms with van der Waals surface area (Å²) in [6.07, 6.45) is 0.0222. The molecule has 0 saturated carbocycles. The molecule has 0 bridgehead atoms. The van der Waals surface area contributed by atoms with E-state index < -0.39 is 11.9 Å². The van der Waals surface area contributed by atoms with Crippen molar-refractivity contribution in [3.8, 4) is 11.3 Å². The minimum atomic E-state index is -0.731. The highest BCUT2D eigenvalue weighted by Crippen LogP contribution is 2.23. The van der Waals surface area contributed by atoms with Crippen LogP contribution in [0.1, 0.15) is 23.8 Å². The summed E-state index contributed by atoms with van der Waals surface area (Å²) in [5.41, 5.74) is 2.42. The summed E-state index contributed by atoms with van der Waals surface area (Å²) in [5, 5.41) is 2.26. The molecule has 6 heteroatoms. The Labute approximate surface area is 140 Å². The van der Waals surface area contributed by atoms with Crippen molar-refractivity contribution in [3.63, 3.8) is 0 Å². The number of hydrogen-bond donors (Lipinski definition) is 1. The van der Waals surface area contributed by atoms with Gasteiger partial charge in [-0.1, -0.05) is 30.3 Å². The van der Waals surface area contributed by atoms with Crippen molar-refractivity contribution in [2.24, 2.45) is 7.05 Å². The molecule has 124 valence electrons. The van der Waals surface area contributed by atoms with Crippen LogP contribution in [0.2, 0.25) is 0 Å². The molecule has 1 aromatic heterocycles. The average molecular weight is 325 g/mol. The molecule has 1 aromatic carbocycles. The summed E-state index contributed by atoms with van der Waals surface area (Å²) in [6.45, 7) is 2.16. The Kier molecular flexibility index (Phi) is 4.20. The summed E-state index contributed by atoms with van der Waals surface area (Å²) in [4.78, 5) is 37.7. The Morgan fingerprint density at radius 3 is 2.50 bits per heavy atom. The van der Waals surface area contributed by atoms with Gasteiger partial charge in [-0.15, -0.1) is 0 Å². The molecule has 6 nitrogen and oxygen atoms in total. The molecule has 0 spiro atoms. The van der Waals surface area contributed by atoms with Crippen LogP contribution in [-0.4, -0.2) is 39.8 Å². The van der Waals surface area contributed by atoms with E-state index in [1.807, 2.05) is 48.0 Å². The summed E-state index contributed by atoms with van der Waals surface area (Å²) in [5.74, 6) is -1.00. The number of nitrogens with zero attached hydrogens (tertiary/aromatic N) is 2. The maximum Gasteiger partial charge on any atom is 0.271 e. The van der Waals surface area contributed by atoms with Gasteiger partial charge in [-0.25, -0.2) is 0 Å². The van der Waals surface area contributed by atoms with Gasteiger partial charge in [0.1, 0.15) is 11.7 Å². The molecule has 0 radical (unpaired) electrons. The van der Waals surface area contributed by atoms with Crippen LogP contribution in [0.5, 0.6) is 0 Å². The van der Waals surface area contributed by atoms with E-state index in [-0.39, 0.29) is 18.2 Å². The van der Waals surface area contributed by atoms with Crippen molar-refractivity contribution in [1.82, 2.24) is 14.8 Å².